The molecule has 1 heterocycles. The second-order valence-corrected chi connectivity index (χ2v) is 5.41. The number of fused-ring (bicyclic) bond motifs is 1. The zero-order valence-corrected chi connectivity index (χ0v) is 11.9. The molecule has 0 spiro atoms. The summed E-state index contributed by atoms with van der Waals surface area (Å²) < 4.78 is 0. The molecule has 0 saturated carbocycles. The number of hydrogen-bond acceptors (Lipinski definition) is 4. The number of aryl methyl sites for hydroxylation is 2. The lowest BCUT2D eigenvalue weighted by Gasteiger charge is -2.26. The number of nitrogens with one attached hydrogen (secondary N) is 1. The predicted octanol–water partition coefficient (Wildman–Crippen LogP) is 3.79. The number of nitro groups is 1. The highest BCUT2D eigenvalue weighted by molar-refractivity contribution is 5.63. The van der Waals surface area contributed by atoms with Gasteiger partial charge >= 0.3 is 0 Å². The average molecular weight is 283 g/mol. The first-order valence-corrected chi connectivity index (χ1v) is 7.10. The van der Waals surface area contributed by atoms with E-state index in [1.165, 1.54) is 5.56 Å². The van der Waals surface area contributed by atoms with Gasteiger partial charge in [-0.15, -0.1) is 0 Å². The molecule has 1 N–H and O–H groups in total. The first-order valence-electron chi connectivity index (χ1n) is 7.10. The van der Waals surface area contributed by atoms with Gasteiger partial charge in [-0.2, -0.15) is 0 Å². The molecule has 0 aliphatic heterocycles. The number of nitrogens with zero attached hydrogens (tertiary/aromatic N) is 2. The number of nitro benzene ring substituents is 1. The highest BCUT2D eigenvalue weighted by Gasteiger charge is 2.24. The first kappa shape index (κ1) is 13.5. The van der Waals surface area contributed by atoms with Crippen LogP contribution in [0.5, 0.6) is 0 Å². The molecule has 0 fully saturated rings. The Kier molecular flexibility index (Phi) is 3.56. The number of pyridine rings is 1. The Morgan fingerprint density at radius 1 is 1.38 bits per heavy atom. The van der Waals surface area contributed by atoms with Crippen molar-refractivity contribution in [2.45, 2.75) is 32.2 Å². The third-order valence-electron chi connectivity index (χ3n) is 3.87. The Balaban J connectivity index is 1.95. The van der Waals surface area contributed by atoms with E-state index in [1.807, 2.05) is 19.1 Å². The number of rotatable bonds is 3. The van der Waals surface area contributed by atoms with E-state index >= 15 is 0 Å². The normalized spacial score (nSPS) is 17.1. The van der Waals surface area contributed by atoms with Gasteiger partial charge in [0.25, 0.3) is 5.69 Å². The highest BCUT2D eigenvalue weighted by Crippen LogP contribution is 2.34. The van der Waals surface area contributed by atoms with Gasteiger partial charge in [-0.1, -0.05) is 12.1 Å². The Labute approximate surface area is 123 Å². The van der Waals surface area contributed by atoms with E-state index in [0.717, 1.165) is 30.5 Å². The third-order valence-corrected chi connectivity index (χ3v) is 3.87. The molecule has 0 amide bonds. The summed E-state index contributed by atoms with van der Waals surface area (Å²) >= 11 is 0. The van der Waals surface area contributed by atoms with Gasteiger partial charge in [0.15, 0.2) is 0 Å². The van der Waals surface area contributed by atoms with Gasteiger partial charge in [0.05, 0.1) is 16.7 Å². The van der Waals surface area contributed by atoms with Crippen LogP contribution in [-0.2, 0) is 6.42 Å². The van der Waals surface area contributed by atoms with E-state index < -0.39 is 0 Å². The van der Waals surface area contributed by atoms with Crippen LogP contribution in [-0.4, -0.2) is 9.91 Å². The summed E-state index contributed by atoms with van der Waals surface area (Å²) in [6, 6.07) is 9.21. The number of anilines is 1. The zero-order chi connectivity index (χ0) is 14.8. The predicted molar refractivity (Wildman–Crippen MR) is 81.4 cm³/mol. The van der Waals surface area contributed by atoms with Gasteiger partial charge in [-0.25, -0.2) is 0 Å². The third kappa shape index (κ3) is 2.72. The van der Waals surface area contributed by atoms with Crippen LogP contribution in [0.25, 0.3) is 0 Å². The molecule has 1 aliphatic rings. The van der Waals surface area contributed by atoms with Gasteiger partial charge in [-0.05, 0) is 49.4 Å². The summed E-state index contributed by atoms with van der Waals surface area (Å²) in [7, 11) is 0. The number of benzene rings is 1. The average Bonchev–Trinajstić information content (AvgIpc) is 2.47. The van der Waals surface area contributed by atoms with Crippen LogP contribution in [0.2, 0.25) is 0 Å². The second kappa shape index (κ2) is 5.52. The Morgan fingerprint density at radius 3 is 3.05 bits per heavy atom. The van der Waals surface area contributed by atoms with Crippen molar-refractivity contribution in [1.82, 2.24) is 4.98 Å². The smallest absolute Gasteiger partial charge is 0.292 e. The molecule has 3 rings (SSSR count). The Hall–Kier alpha value is -2.43. The molecule has 0 radical (unpaired) electrons. The molecule has 5 heteroatoms. The molecule has 1 aromatic heterocycles. The maximum Gasteiger partial charge on any atom is 0.292 e. The molecule has 2 aromatic rings. The summed E-state index contributed by atoms with van der Waals surface area (Å²) in [5.41, 5.74) is 3.93. The molecule has 1 aromatic carbocycles. The fourth-order valence-corrected chi connectivity index (χ4v) is 2.86. The van der Waals surface area contributed by atoms with Crippen molar-refractivity contribution in [2.75, 3.05) is 5.32 Å². The minimum absolute atomic E-state index is 0.0375. The first-order chi connectivity index (χ1) is 10.1. The van der Waals surface area contributed by atoms with Crippen molar-refractivity contribution in [3.8, 4) is 0 Å². The number of aromatic nitrogens is 1. The Bertz CT molecular complexity index is 685. The second-order valence-electron chi connectivity index (χ2n) is 5.41. The van der Waals surface area contributed by atoms with E-state index in [9.17, 15) is 10.1 Å². The quantitative estimate of drug-likeness (QED) is 0.687. The molecule has 5 nitrogen and oxygen atoms in total. The zero-order valence-electron chi connectivity index (χ0n) is 11.9. The van der Waals surface area contributed by atoms with Crippen LogP contribution in [0.1, 0.15) is 35.7 Å². The van der Waals surface area contributed by atoms with Gasteiger partial charge in [-0.3, -0.25) is 15.1 Å². The van der Waals surface area contributed by atoms with Gasteiger partial charge in [0.2, 0.25) is 0 Å². The van der Waals surface area contributed by atoms with E-state index in [0.29, 0.717) is 5.69 Å². The molecule has 108 valence electrons. The van der Waals surface area contributed by atoms with Crippen molar-refractivity contribution in [3.05, 3.63) is 63.5 Å². The molecular weight excluding hydrogens is 266 g/mol. The minimum Gasteiger partial charge on any atom is -0.371 e. The summed E-state index contributed by atoms with van der Waals surface area (Å²) in [4.78, 5) is 15.3. The van der Waals surface area contributed by atoms with E-state index in [-0.39, 0.29) is 16.7 Å². The summed E-state index contributed by atoms with van der Waals surface area (Å²) in [5.74, 6) is 0. The molecule has 1 unspecified atom stereocenters. The summed E-state index contributed by atoms with van der Waals surface area (Å²) in [5, 5.41) is 14.5. The van der Waals surface area contributed by atoms with Gasteiger partial charge in [0.1, 0.15) is 5.69 Å². The minimum atomic E-state index is -0.343. The van der Waals surface area contributed by atoms with Gasteiger partial charge < -0.3 is 5.32 Å². The molecule has 21 heavy (non-hydrogen) atoms. The molecule has 1 aliphatic carbocycles. The fourth-order valence-electron chi connectivity index (χ4n) is 2.86. The van der Waals surface area contributed by atoms with Crippen LogP contribution in [0.3, 0.4) is 0 Å². The van der Waals surface area contributed by atoms with Crippen molar-refractivity contribution in [1.29, 1.82) is 0 Å². The van der Waals surface area contributed by atoms with Crippen LogP contribution >= 0.6 is 0 Å². The van der Waals surface area contributed by atoms with Crippen molar-refractivity contribution >= 4 is 11.4 Å². The van der Waals surface area contributed by atoms with Crippen molar-refractivity contribution < 1.29 is 4.92 Å². The molecule has 0 bridgehead atoms. The SMILES string of the molecule is Cc1ccc([N+](=O)[O-])c(NC2CCCc3cccnc32)c1. The summed E-state index contributed by atoms with van der Waals surface area (Å²) in [6.45, 7) is 1.93. The van der Waals surface area contributed by atoms with E-state index in [2.05, 4.69) is 16.4 Å². The van der Waals surface area contributed by atoms with E-state index in [4.69, 9.17) is 0 Å². The fraction of sp³-hybridized carbons (Fsp3) is 0.312. The lowest BCUT2D eigenvalue weighted by Crippen LogP contribution is -2.19. The lowest BCUT2D eigenvalue weighted by molar-refractivity contribution is -0.384. The standard InChI is InChI=1S/C16H17N3O2/c1-11-7-8-15(19(20)21)14(10-11)18-13-6-2-4-12-5-3-9-17-16(12)13/h3,5,7-10,13,18H,2,4,6H2,1H3. The maximum atomic E-state index is 11.2. The topological polar surface area (TPSA) is 68.1 Å². The largest absolute Gasteiger partial charge is 0.371 e. The van der Waals surface area contributed by atoms with Crippen molar-refractivity contribution in [2.24, 2.45) is 0 Å². The highest BCUT2D eigenvalue weighted by atomic mass is 16.6. The van der Waals surface area contributed by atoms with Crippen molar-refractivity contribution in [3.63, 3.8) is 0 Å². The van der Waals surface area contributed by atoms with Gasteiger partial charge in [0, 0.05) is 12.3 Å². The van der Waals surface area contributed by atoms with Crippen LogP contribution in [0.4, 0.5) is 11.4 Å². The van der Waals surface area contributed by atoms with E-state index in [1.54, 1.807) is 18.3 Å². The Morgan fingerprint density at radius 2 is 2.24 bits per heavy atom. The molecule has 1 atom stereocenters. The van der Waals surface area contributed by atoms with Crippen LogP contribution < -0.4 is 5.32 Å². The molecule has 0 saturated heterocycles. The van der Waals surface area contributed by atoms with Crippen LogP contribution in [0.15, 0.2) is 36.5 Å². The molecular formula is C16H17N3O2. The lowest BCUT2D eigenvalue weighted by atomic mass is 9.91. The summed E-state index contributed by atoms with van der Waals surface area (Å²) in [6.07, 6.45) is 4.81. The maximum absolute atomic E-state index is 11.2. The monoisotopic (exact) mass is 283 g/mol. The van der Waals surface area contributed by atoms with Crippen LogP contribution in [0, 0.1) is 17.0 Å². The number of hydrogen-bond donors (Lipinski definition) is 1.